The maximum atomic E-state index is 13.5. The van der Waals surface area contributed by atoms with E-state index >= 15 is 0 Å². The molecule has 0 aromatic heterocycles. The van der Waals surface area contributed by atoms with Crippen LogP contribution >= 0.6 is 0 Å². The Balaban J connectivity index is 1.57. The number of hydrogen-bond acceptors (Lipinski definition) is 22. The average Bonchev–Trinajstić information content (AvgIpc) is 3.55. The summed E-state index contributed by atoms with van der Waals surface area (Å²) in [7, 11) is -5.30. The van der Waals surface area contributed by atoms with E-state index in [1.165, 1.54) is 109 Å². The van der Waals surface area contributed by atoms with Crippen LogP contribution < -0.4 is 5.32 Å². The number of amides is 1. The van der Waals surface area contributed by atoms with Crippen LogP contribution in [0.3, 0.4) is 0 Å². The van der Waals surface area contributed by atoms with Crippen molar-refractivity contribution in [2.45, 2.75) is 330 Å². The number of ether oxygens (including phenoxy) is 6. The molecule has 3 fully saturated rings. The van der Waals surface area contributed by atoms with Gasteiger partial charge in [-0.15, -0.1) is 0 Å². The molecule has 25 heteroatoms. The Morgan fingerprint density at radius 3 is 1.31 bits per heavy atom. The Labute approximate surface area is 493 Å². The van der Waals surface area contributed by atoms with Crippen LogP contribution in [-0.2, 0) is 47.8 Å². The normalized spacial score (nSPS) is 30.7. The summed E-state index contributed by atoms with van der Waals surface area (Å²) in [6.45, 7) is 3.21. The number of nitrogens with one attached hydrogen (secondary N) is 1. The maximum Gasteiger partial charge on any atom is 0.397 e. The van der Waals surface area contributed by atoms with Crippen molar-refractivity contribution in [3.05, 3.63) is 0 Å². The van der Waals surface area contributed by atoms with E-state index in [1.807, 2.05) is 0 Å². The third-order valence-electron chi connectivity index (χ3n) is 16.6. The summed E-state index contributed by atoms with van der Waals surface area (Å²) in [6, 6.07) is -1.36. The van der Waals surface area contributed by atoms with Crippen LogP contribution in [0, 0.1) is 5.92 Å². The SMILES string of the molecule is CCCCCCCCCCCCCCCCCCCC[C@@H](O)C(=O)N[C@@H](CO[C@@H]1O[C@H](CO)[C@@H](O[C@@H]2O[C@H](CO)[C@H](O[C@@H]3O[C@H](CO)[C@H](O)[C@H](OS(=O)(=O)O)[C@H]3O)[C@H](O)[C@H]2O)[C@H](O)[C@H]1O)[C@H](O)[C@H](O)CCCCCCCCCCC(C)CC. The van der Waals surface area contributed by atoms with Crippen LogP contribution in [0.2, 0.25) is 0 Å². The van der Waals surface area contributed by atoms with E-state index in [1.54, 1.807) is 0 Å². The van der Waals surface area contributed by atoms with E-state index in [-0.39, 0.29) is 12.8 Å². The first-order valence-corrected chi connectivity index (χ1v) is 32.9. The second-order valence-electron chi connectivity index (χ2n) is 23.6. The number of aliphatic hydroxyl groups is 12. The molecule has 0 saturated carbocycles. The molecule has 0 bridgehead atoms. The lowest BCUT2D eigenvalue weighted by Crippen LogP contribution is -2.67. The molecule has 3 aliphatic heterocycles. The number of rotatable bonds is 47. The van der Waals surface area contributed by atoms with E-state index in [4.69, 9.17) is 28.4 Å². The highest BCUT2D eigenvalue weighted by Gasteiger charge is 2.54. The van der Waals surface area contributed by atoms with Crippen molar-refractivity contribution in [2.75, 3.05) is 26.4 Å². The van der Waals surface area contributed by atoms with Gasteiger partial charge in [-0.2, -0.15) is 8.42 Å². The zero-order chi connectivity index (χ0) is 61.3. The van der Waals surface area contributed by atoms with Gasteiger partial charge in [0.15, 0.2) is 18.9 Å². The van der Waals surface area contributed by atoms with Crippen molar-refractivity contribution in [1.29, 1.82) is 0 Å². The molecule has 14 N–H and O–H groups in total. The summed E-state index contributed by atoms with van der Waals surface area (Å²) in [5.41, 5.74) is 0. The standard InChI is InChI=1S/C58H111NO23S/c1-4-6-7-8-9-10-11-12-13-14-15-16-17-18-19-24-27-30-33-41(64)55(72)59-39(45(65)40(63)32-29-26-23-21-20-22-25-28-31-38(3)5-2)37-76-56-49(69)47(67)52(43(35-61)78-56)80-57-50(70)48(68)53(44(36-62)79-57)81-58-51(71)54(82-83(73,74)75)46(66)42(34-60)77-58/h38-54,56-58,60-71H,4-37H2,1-3H3,(H,59,72)(H,73,74,75)/t38?,39-,40+,41+,42+,43+,44+,45-,46-,47+,48+,49+,50+,51+,52+,53-,54-,56+,57-,58-/m0/s1. The monoisotopic (exact) mass is 1220 g/mol. The lowest BCUT2D eigenvalue weighted by molar-refractivity contribution is -0.379. The molecule has 492 valence electrons. The van der Waals surface area contributed by atoms with Crippen LogP contribution in [0.5, 0.6) is 0 Å². The molecule has 3 heterocycles. The molecular weight excluding hydrogens is 1110 g/mol. The lowest BCUT2D eigenvalue weighted by atomic mass is 9.96. The van der Waals surface area contributed by atoms with E-state index in [0.717, 1.165) is 63.7 Å². The Kier molecular flexibility index (Phi) is 38.9. The van der Waals surface area contributed by atoms with Gasteiger partial charge in [-0.3, -0.25) is 9.35 Å². The van der Waals surface area contributed by atoms with E-state index in [2.05, 4.69) is 30.3 Å². The number of unbranched alkanes of at least 4 members (excludes halogenated alkanes) is 24. The van der Waals surface area contributed by atoms with Gasteiger partial charge in [0.2, 0.25) is 5.91 Å². The van der Waals surface area contributed by atoms with Crippen LogP contribution in [0.1, 0.15) is 213 Å². The van der Waals surface area contributed by atoms with E-state index in [9.17, 15) is 79.0 Å². The number of carbonyl (C=O) groups is 1. The molecule has 0 aliphatic carbocycles. The van der Waals surface area contributed by atoms with Gasteiger partial charge in [-0.05, 0) is 18.8 Å². The molecule has 24 nitrogen and oxygen atoms in total. The fraction of sp³-hybridized carbons (Fsp3) is 0.983. The summed E-state index contributed by atoms with van der Waals surface area (Å²) >= 11 is 0. The summed E-state index contributed by atoms with van der Waals surface area (Å²) in [5, 5.41) is 133. The van der Waals surface area contributed by atoms with Gasteiger partial charge in [-0.1, -0.05) is 201 Å². The second kappa shape index (κ2) is 42.5. The minimum atomic E-state index is -5.30. The summed E-state index contributed by atoms with van der Waals surface area (Å²) in [4.78, 5) is 13.5. The molecule has 3 aliphatic rings. The smallest absolute Gasteiger partial charge is 0.394 e. The third-order valence-corrected chi connectivity index (χ3v) is 17.1. The highest BCUT2D eigenvalue weighted by atomic mass is 32.3. The first-order chi connectivity index (χ1) is 39.7. The molecule has 0 radical (unpaired) electrons. The minimum absolute atomic E-state index is 0.150. The van der Waals surface area contributed by atoms with E-state index in [0.29, 0.717) is 12.8 Å². The van der Waals surface area contributed by atoms with Crippen molar-refractivity contribution >= 4 is 16.3 Å². The van der Waals surface area contributed by atoms with Crippen LogP contribution in [0.15, 0.2) is 0 Å². The Morgan fingerprint density at radius 2 is 0.880 bits per heavy atom. The molecule has 1 amide bonds. The number of carbonyl (C=O) groups excluding carboxylic acids is 1. The maximum absolute atomic E-state index is 13.5. The van der Waals surface area contributed by atoms with Gasteiger partial charge in [0.1, 0.15) is 85.5 Å². The third kappa shape index (κ3) is 27.9. The molecule has 0 aromatic carbocycles. The van der Waals surface area contributed by atoms with Gasteiger partial charge in [0, 0.05) is 0 Å². The average molecular weight is 1220 g/mol. The van der Waals surface area contributed by atoms with Crippen molar-refractivity contribution in [2.24, 2.45) is 5.92 Å². The van der Waals surface area contributed by atoms with Crippen LogP contribution in [0.25, 0.3) is 0 Å². The zero-order valence-corrected chi connectivity index (χ0v) is 50.7. The van der Waals surface area contributed by atoms with Crippen molar-refractivity contribution in [3.63, 3.8) is 0 Å². The van der Waals surface area contributed by atoms with Gasteiger partial charge in [0.05, 0.1) is 38.6 Å². The summed E-state index contributed by atoms with van der Waals surface area (Å²) in [5.74, 6) is -0.0804. The van der Waals surface area contributed by atoms with Crippen molar-refractivity contribution in [3.8, 4) is 0 Å². The van der Waals surface area contributed by atoms with E-state index < -0.39 is 159 Å². The molecule has 0 aromatic rings. The molecule has 0 spiro atoms. The van der Waals surface area contributed by atoms with Gasteiger partial charge < -0.3 is 95.0 Å². The second-order valence-corrected chi connectivity index (χ2v) is 24.6. The Morgan fingerprint density at radius 1 is 0.494 bits per heavy atom. The number of aliphatic hydroxyl groups excluding tert-OH is 12. The van der Waals surface area contributed by atoms with Gasteiger partial charge >= 0.3 is 10.4 Å². The Bertz CT molecular complexity index is 1760. The quantitative estimate of drug-likeness (QED) is 0.0307. The molecular formula is C58H111NO23S. The molecule has 3 rings (SSSR count). The summed E-state index contributed by atoms with van der Waals surface area (Å²) in [6.07, 6.45) is -0.998. The molecule has 3 saturated heterocycles. The topological polar surface area (TPSA) is 391 Å². The molecule has 83 heavy (non-hydrogen) atoms. The largest absolute Gasteiger partial charge is 0.397 e. The molecule has 20 atom stereocenters. The molecule has 1 unspecified atom stereocenters. The minimum Gasteiger partial charge on any atom is -0.394 e. The highest BCUT2D eigenvalue weighted by Crippen LogP contribution is 2.34. The Hall–Kier alpha value is -1.38. The highest BCUT2D eigenvalue weighted by molar-refractivity contribution is 7.80. The first-order valence-electron chi connectivity index (χ1n) is 31.5. The fourth-order valence-electron chi connectivity index (χ4n) is 11.0. The summed E-state index contributed by atoms with van der Waals surface area (Å²) < 4.78 is 70.4. The van der Waals surface area contributed by atoms with Crippen LogP contribution in [0.4, 0.5) is 0 Å². The fourth-order valence-corrected chi connectivity index (χ4v) is 11.6. The first kappa shape index (κ1) is 75.9. The van der Waals surface area contributed by atoms with Gasteiger partial charge in [0.25, 0.3) is 0 Å². The van der Waals surface area contributed by atoms with Crippen LogP contribution in [-0.4, -0.2) is 223 Å². The van der Waals surface area contributed by atoms with Crippen molar-refractivity contribution in [1.82, 2.24) is 5.32 Å². The number of hydrogen-bond donors (Lipinski definition) is 14. The zero-order valence-electron chi connectivity index (χ0n) is 49.9. The predicted octanol–water partition coefficient (Wildman–Crippen LogP) is 3.22. The predicted molar refractivity (Wildman–Crippen MR) is 304 cm³/mol. The van der Waals surface area contributed by atoms with Crippen molar-refractivity contribution < 1.29 is 112 Å². The van der Waals surface area contributed by atoms with Gasteiger partial charge in [-0.25, -0.2) is 4.18 Å². The lowest BCUT2D eigenvalue weighted by Gasteiger charge is -2.48.